The molecule has 54 heavy (non-hydrogen) atoms. The molecule has 1 unspecified atom stereocenters. The lowest BCUT2D eigenvalue weighted by Crippen LogP contribution is -2.12. The number of rotatable bonds is 39. The number of unbranched alkanes of at least 4 members (excludes halogenated alkanes) is 30. The van der Waals surface area contributed by atoms with Crippen LogP contribution < -0.4 is 9.47 Å². The van der Waals surface area contributed by atoms with Crippen molar-refractivity contribution in [2.24, 2.45) is 0 Å². The SMILES string of the molecule is CCCCCCCCCCCCCCCCCCOc1ccc(C(=O)C(O)c2ccc(OCCCCCCCCCCCCCCCCCC)cc2)cc1. The summed E-state index contributed by atoms with van der Waals surface area (Å²) in [6, 6.07) is 14.5. The highest BCUT2D eigenvalue weighted by Crippen LogP contribution is 2.24. The van der Waals surface area contributed by atoms with Crippen LogP contribution in [-0.4, -0.2) is 24.1 Å². The first-order valence-electron chi connectivity index (χ1n) is 23.3. The van der Waals surface area contributed by atoms with E-state index in [1.54, 1.807) is 24.3 Å². The van der Waals surface area contributed by atoms with Gasteiger partial charge in [-0.05, 0) is 54.8 Å². The van der Waals surface area contributed by atoms with E-state index in [2.05, 4.69) is 13.8 Å². The lowest BCUT2D eigenvalue weighted by atomic mass is 10.00. The molecule has 0 amide bonds. The minimum absolute atomic E-state index is 0.304. The molecule has 0 aliphatic rings. The van der Waals surface area contributed by atoms with Gasteiger partial charge < -0.3 is 14.6 Å². The van der Waals surface area contributed by atoms with E-state index >= 15 is 0 Å². The van der Waals surface area contributed by atoms with E-state index in [1.807, 2.05) is 24.3 Å². The first kappa shape index (κ1) is 47.8. The Morgan fingerprint density at radius 2 is 0.667 bits per heavy atom. The van der Waals surface area contributed by atoms with E-state index in [4.69, 9.17) is 9.47 Å². The van der Waals surface area contributed by atoms with Crippen molar-refractivity contribution in [1.29, 1.82) is 0 Å². The van der Waals surface area contributed by atoms with Gasteiger partial charge in [0, 0.05) is 5.56 Å². The van der Waals surface area contributed by atoms with Gasteiger partial charge in [0.25, 0.3) is 0 Å². The summed E-state index contributed by atoms with van der Waals surface area (Å²) in [5.74, 6) is 1.25. The van der Waals surface area contributed by atoms with Gasteiger partial charge in [-0.1, -0.05) is 219 Å². The van der Waals surface area contributed by atoms with E-state index in [0.29, 0.717) is 24.3 Å². The summed E-state index contributed by atoms with van der Waals surface area (Å²) in [5, 5.41) is 10.8. The van der Waals surface area contributed by atoms with Crippen LogP contribution in [0.25, 0.3) is 0 Å². The lowest BCUT2D eigenvalue weighted by molar-refractivity contribution is 0.0747. The Hall–Kier alpha value is -2.33. The number of carbonyl (C=O) groups excluding carboxylic acids is 1. The number of benzene rings is 2. The molecule has 0 aliphatic heterocycles. The van der Waals surface area contributed by atoms with Gasteiger partial charge in [0.2, 0.25) is 0 Å². The largest absolute Gasteiger partial charge is 0.494 e. The third-order valence-electron chi connectivity index (χ3n) is 11.1. The monoisotopic (exact) mass is 749 g/mol. The summed E-state index contributed by atoms with van der Waals surface area (Å²) < 4.78 is 11.9. The van der Waals surface area contributed by atoms with Crippen LogP contribution in [0.4, 0.5) is 0 Å². The predicted molar refractivity (Wildman–Crippen MR) is 232 cm³/mol. The zero-order chi connectivity index (χ0) is 38.6. The van der Waals surface area contributed by atoms with Crippen molar-refractivity contribution in [1.82, 2.24) is 0 Å². The molecule has 0 aromatic heterocycles. The average molecular weight is 749 g/mol. The van der Waals surface area contributed by atoms with E-state index in [1.165, 1.54) is 193 Å². The van der Waals surface area contributed by atoms with Crippen LogP contribution in [0.5, 0.6) is 11.5 Å². The number of hydrogen-bond donors (Lipinski definition) is 1. The summed E-state index contributed by atoms with van der Waals surface area (Å²) in [6.07, 6.45) is 42.3. The number of aliphatic hydroxyl groups excluding tert-OH is 1. The third kappa shape index (κ3) is 25.7. The summed E-state index contributed by atoms with van der Waals surface area (Å²) in [4.78, 5) is 13.0. The number of carbonyl (C=O) groups is 1. The zero-order valence-corrected chi connectivity index (χ0v) is 35.4. The second kappa shape index (κ2) is 35.1. The Kier molecular flexibility index (Phi) is 31.1. The molecule has 1 N–H and O–H groups in total. The highest BCUT2D eigenvalue weighted by atomic mass is 16.5. The van der Waals surface area contributed by atoms with Crippen molar-refractivity contribution >= 4 is 5.78 Å². The van der Waals surface area contributed by atoms with Gasteiger partial charge in [-0.3, -0.25) is 4.79 Å². The molecule has 2 rings (SSSR count). The molecule has 0 fully saturated rings. The Balaban J connectivity index is 1.44. The topological polar surface area (TPSA) is 55.8 Å². The van der Waals surface area contributed by atoms with Crippen molar-refractivity contribution in [2.45, 2.75) is 225 Å². The van der Waals surface area contributed by atoms with Crippen LogP contribution in [0.1, 0.15) is 241 Å². The first-order chi connectivity index (χ1) is 26.7. The van der Waals surface area contributed by atoms with Crippen LogP contribution in [0.15, 0.2) is 48.5 Å². The number of ketones is 1. The molecule has 0 heterocycles. The number of aliphatic hydroxyl groups is 1. The molecule has 2 aromatic rings. The quantitative estimate of drug-likeness (QED) is 0.0546. The first-order valence-corrected chi connectivity index (χ1v) is 23.3. The van der Waals surface area contributed by atoms with Gasteiger partial charge in [0.15, 0.2) is 5.78 Å². The summed E-state index contributed by atoms with van der Waals surface area (Å²) >= 11 is 0. The van der Waals surface area contributed by atoms with E-state index < -0.39 is 6.10 Å². The molecule has 0 saturated heterocycles. The fourth-order valence-electron chi connectivity index (χ4n) is 7.45. The highest BCUT2D eigenvalue weighted by Gasteiger charge is 2.19. The second-order valence-electron chi connectivity index (χ2n) is 16.2. The minimum atomic E-state index is -1.20. The Morgan fingerprint density at radius 3 is 0.963 bits per heavy atom. The molecule has 0 radical (unpaired) electrons. The molecule has 2 aromatic carbocycles. The molecular weight excluding hydrogens is 665 g/mol. The Morgan fingerprint density at radius 1 is 0.407 bits per heavy atom. The van der Waals surface area contributed by atoms with E-state index in [9.17, 15) is 9.90 Å². The summed E-state index contributed by atoms with van der Waals surface area (Å²) in [6.45, 7) is 5.97. The smallest absolute Gasteiger partial charge is 0.195 e. The fourth-order valence-corrected chi connectivity index (χ4v) is 7.45. The Labute approximate surface area is 334 Å². The summed E-state index contributed by atoms with van der Waals surface area (Å²) in [5.41, 5.74) is 1.07. The molecule has 0 bridgehead atoms. The van der Waals surface area contributed by atoms with Gasteiger partial charge in [0.1, 0.15) is 17.6 Å². The average Bonchev–Trinajstić information content (AvgIpc) is 3.20. The molecule has 0 aliphatic carbocycles. The number of Topliss-reactive ketones (excluding diaryl/α,β-unsaturated/α-hetero) is 1. The van der Waals surface area contributed by atoms with Gasteiger partial charge >= 0.3 is 0 Å². The van der Waals surface area contributed by atoms with E-state index in [-0.39, 0.29) is 5.78 Å². The maximum absolute atomic E-state index is 13.0. The van der Waals surface area contributed by atoms with Gasteiger partial charge in [-0.15, -0.1) is 0 Å². The number of hydrogen-bond acceptors (Lipinski definition) is 4. The lowest BCUT2D eigenvalue weighted by Gasteiger charge is -2.12. The maximum Gasteiger partial charge on any atom is 0.195 e. The maximum atomic E-state index is 13.0. The Bertz CT molecular complexity index is 1090. The molecule has 308 valence electrons. The van der Waals surface area contributed by atoms with Crippen molar-refractivity contribution in [3.8, 4) is 11.5 Å². The van der Waals surface area contributed by atoms with E-state index in [0.717, 1.165) is 24.3 Å². The van der Waals surface area contributed by atoms with Crippen molar-refractivity contribution in [2.75, 3.05) is 13.2 Å². The van der Waals surface area contributed by atoms with Crippen LogP contribution in [0, 0.1) is 0 Å². The third-order valence-corrected chi connectivity index (χ3v) is 11.1. The number of ether oxygens (including phenoxy) is 2. The van der Waals surface area contributed by atoms with Crippen molar-refractivity contribution < 1.29 is 19.4 Å². The molecule has 0 saturated carbocycles. The van der Waals surface area contributed by atoms with Gasteiger partial charge in [0.05, 0.1) is 13.2 Å². The van der Waals surface area contributed by atoms with Crippen LogP contribution >= 0.6 is 0 Å². The highest BCUT2D eigenvalue weighted by molar-refractivity contribution is 5.99. The minimum Gasteiger partial charge on any atom is -0.494 e. The second-order valence-corrected chi connectivity index (χ2v) is 16.2. The van der Waals surface area contributed by atoms with Crippen molar-refractivity contribution in [3.63, 3.8) is 0 Å². The zero-order valence-electron chi connectivity index (χ0n) is 35.4. The standard InChI is InChI=1S/C50H84O4/c1-3-5-7-9-11-13-15-17-19-21-23-25-27-29-31-33-43-53-47-39-35-45(36-40-47)49(51)50(52)46-37-41-48(42-38-46)54-44-34-32-30-28-26-24-22-20-18-16-14-12-10-8-6-4-2/h35-42,49,51H,3-34,43-44H2,1-2H3. The summed E-state index contributed by atoms with van der Waals surface area (Å²) in [7, 11) is 0. The van der Waals surface area contributed by atoms with Crippen LogP contribution in [-0.2, 0) is 0 Å². The molecule has 1 atom stereocenters. The van der Waals surface area contributed by atoms with Crippen LogP contribution in [0.2, 0.25) is 0 Å². The normalized spacial score (nSPS) is 11.9. The molecule has 4 nitrogen and oxygen atoms in total. The molecular formula is C50H84O4. The predicted octanol–water partition coefficient (Wildman–Crippen LogP) is 15.9. The molecule has 0 spiro atoms. The molecule has 4 heteroatoms. The van der Waals surface area contributed by atoms with Gasteiger partial charge in [-0.2, -0.15) is 0 Å². The fraction of sp³-hybridized carbons (Fsp3) is 0.740. The van der Waals surface area contributed by atoms with Gasteiger partial charge in [-0.25, -0.2) is 0 Å². The van der Waals surface area contributed by atoms with Crippen molar-refractivity contribution in [3.05, 3.63) is 59.7 Å². The van der Waals surface area contributed by atoms with Crippen LogP contribution in [0.3, 0.4) is 0 Å².